The monoisotopic (exact) mass is 340 g/mol. The molecule has 0 saturated carbocycles. The number of likely N-dealkylation sites (N-methyl/N-ethyl adjacent to an activating group) is 1. The van der Waals surface area contributed by atoms with Crippen LogP contribution in [-0.4, -0.2) is 41.7 Å². The summed E-state index contributed by atoms with van der Waals surface area (Å²) in [6, 6.07) is 5.80. The molecule has 4 aliphatic rings. The van der Waals surface area contributed by atoms with E-state index in [-0.39, 0.29) is 23.8 Å². The quantitative estimate of drug-likeness (QED) is 0.343. The molecular formula is C18H16N2O5. The SMILES string of the molecule is CC(=O)Oc1ccc(N2C(=O)[C@@H]3[C@H](C2=O)[C@H]2C=C[C@@H]3N(C)C2=O)cc1. The van der Waals surface area contributed by atoms with Crippen LogP contribution < -0.4 is 9.64 Å². The smallest absolute Gasteiger partial charge is 0.308 e. The van der Waals surface area contributed by atoms with Crippen LogP contribution in [0.4, 0.5) is 5.69 Å². The van der Waals surface area contributed by atoms with Crippen LogP contribution in [0.1, 0.15) is 6.92 Å². The fourth-order valence-electron chi connectivity index (χ4n) is 3.99. The molecule has 1 aromatic rings. The molecule has 2 bridgehead atoms. The van der Waals surface area contributed by atoms with Gasteiger partial charge in [0.25, 0.3) is 0 Å². The van der Waals surface area contributed by atoms with Crippen molar-refractivity contribution < 1.29 is 23.9 Å². The van der Waals surface area contributed by atoms with Gasteiger partial charge in [0.15, 0.2) is 0 Å². The Morgan fingerprint density at radius 1 is 0.960 bits per heavy atom. The van der Waals surface area contributed by atoms with Gasteiger partial charge < -0.3 is 9.64 Å². The van der Waals surface area contributed by atoms with Crippen molar-refractivity contribution in [2.24, 2.45) is 17.8 Å². The summed E-state index contributed by atoms with van der Waals surface area (Å²) in [6.07, 6.45) is 3.58. The third-order valence-corrected chi connectivity index (χ3v) is 5.10. The highest BCUT2D eigenvalue weighted by atomic mass is 16.5. The van der Waals surface area contributed by atoms with Gasteiger partial charge in [-0.2, -0.15) is 0 Å². The number of hydrogen-bond acceptors (Lipinski definition) is 5. The minimum absolute atomic E-state index is 0.123. The molecule has 3 heterocycles. The largest absolute Gasteiger partial charge is 0.427 e. The van der Waals surface area contributed by atoms with E-state index in [0.29, 0.717) is 11.4 Å². The number of hydrogen-bond donors (Lipinski definition) is 0. The lowest BCUT2D eigenvalue weighted by molar-refractivity contribution is -0.148. The molecule has 2 saturated heterocycles. The van der Waals surface area contributed by atoms with Gasteiger partial charge in [0.2, 0.25) is 17.7 Å². The molecule has 0 radical (unpaired) electrons. The van der Waals surface area contributed by atoms with E-state index in [2.05, 4.69) is 0 Å². The molecule has 0 aromatic heterocycles. The number of benzene rings is 1. The molecule has 0 unspecified atom stereocenters. The van der Waals surface area contributed by atoms with E-state index >= 15 is 0 Å². The highest BCUT2D eigenvalue weighted by molar-refractivity contribution is 6.24. The molecule has 2 fully saturated rings. The standard InChI is InChI=1S/C18H16N2O5/c1-9(21)25-11-5-3-10(4-6-11)20-17(23)14-12-7-8-13(15(14)18(20)24)19(2)16(12)22/h3-8,12-15H,1-2H3/t12-,13+,14-,15+/m1/s1. The second-order valence-corrected chi connectivity index (χ2v) is 6.50. The van der Waals surface area contributed by atoms with Crippen LogP contribution in [0, 0.1) is 17.8 Å². The number of piperidine rings is 1. The number of carbonyl (C=O) groups excluding carboxylic acids is 4. The maximum atomic E-state index is 12.9. The fourth-order valence-corrected chi connectivity index (χ4v) is 3.99. The Bertz CT molecular complexity index is 828. The van der Waals surface area contributed by atoms with Crippen molar-refractivity contribution in [3.8, 4) is 5.75 Å². The van der Waals surface area contributed by atoms with Crippen LogP contribution in [-0.2, 0) is 19.2 Å². The van der Waals surface area contributed by atoms with Crippen LogP contribution in [0.2, 0.25) is 0 Å². The topological polar surface area (TPSA) is 84.0 Å². The summed E-state index contributed by atoms with van der Waals surface area (Å²) in [4.78, 5) is 51.8. The Kier molecular flexibility index (Phi) is 3.28. The van der Waals surface area contributed by atoms with Crippen molar-refractivity contribution in [2.45, 2.75) is 13.0 Å². The summed E-state index contributed by atoms with van der Waals surface area (Å²) in [5, 5.41) is 0. The van der Waals surface area contributed by atoms with E-state index in [1.165, 1.54) is 19.1 Å². The van der Waals surface area contributed by atoms with Crippen LogP contribution >= 0.6 is 0 Å². The Hall–Kier alpha value is -2.96. The molecule has 5 rings (SSSR count). The first-order chi connectivity index (χ1) is 11.9. The third kappa shape index (κ3) is 2.12. The molecular weight excluding hydrogens is 324 g/mol. The molecule has 0 N–H and O–H groups in total. The minimum Gasteiger partial charge on any atom is -0.427 e. The van der Waals surface area contributed by atoms with Crippen molar-refractivity contribution in [1.29, 1.82) is 0 Å². The van der Waals surface area contributed by atoms with Gasteiger partial charge in [0.05, 0.1) is 29.5 Å². The normalized spacial score (nSPS) is 30.1. The van der Waals surface area contributed by atoms with Gasteiger partial charge in [-0.3, -0.25) is 19.2 Å². The van der Waals surface area contributed by atoms with Gasteiger partial charge in [-0.15, -0.1) is 0 Å². The predicted molar refractivity (Wildman–Crippen MR) is 86.4 cm³/mol. The summed E-state index contributed by atoms with van der Waals surface area (Å²) in [5.41, 5.74) is 0.412. The van der Waals surface area contributed by atoms with Crippen LogP contribution in [0.3, 0.4) is 0 Å². The van der Waals surface area contributed by atoms with Crippen molar-refractivity contribution >= 4 is 29.4 Å². The minimum atomic E-state index is -0.639. The van der Waals surface area contributed by atoms with Gasteiger partial charge >= 0.3 is 5.97 Å². The van der Waals surface area contributed by atoms with E-state index in [1.54, 1.807) is 30.2 Å². The maximum absolute atomic E-state index is 12.9. The average Bonchev–Trinajstić information content (AvgIpc) is 2.85. The number of fused-ring (bicyclic) bond motifs is 1. The molecule has 7 heteroatoms. The first kappa shape index (κ1) is 15.6. The number of rotatable bonds is 2. The van der Waals surface area contributed by atoms with Crippen molar-refractivity contribution in [2.75, 3.05) is 11.9 Å². The Labute approximate surface area is 143 Å². The molecule has 1 aromatic carbocycles. The Morgan fingerprint density at radius 2 is 1.60 bits per heavy atom. The highest BCUT2D eigenvalue weighted by Gasteiger charge is 2.61. The van der Waals surface area contributed by atoms with E-state index in [9.17, 15) is 19.2 Å². The number of anilines is 1. The number of nitrogens with zero attached hydrogens (tertiary/aromatic N) is 2. The molecule has 7 nitrogen and oxygen atoms in total. The van der Waals surface area contributed by atoms with Gasteiger partial charge in [0.1, 0.15) is 5.75 Å². The van der Waals surface area contributed by atoms with Gasteiger partial charge in [-0.25, -0.2) is 4.90 Å². The second kappa shape index (κ2) is 5.27. The number of carbonyl (C=O) groups is 4. The fraction of sp³-hybridized carbons (Fsp3) is 0.333. The lowest BCUT2D eigenvalue weighted by atomic mass is 9.70. The number of esters is 1. The highest BCUT2D eigenvalue weighted by Crippen LogP contribution is 2.46. The maximum Gasteiger partial charge on any atom is 0.308 e. The number of amides is 3. The van der Waals surface area contributed by atoms with E-state index < -0.39 is 23.7 Å². The van der Waals surface area contributed by atoms with Crippen LogP contribution in [0.5, 0.6) is 5.75 Å². The van der Waals surface area contributed by atoms with E-state index in [1.807, 2.05) is 6.08 Å². The molecule has 25 heavy (non-hydrogen) atoms. The summed E-state index contributed by atoms with van der Waals surface area (Å²) >= 11 is 0. The lowest BCUT2D eigenvalue weighted by Crippen LogP contribution is -2.57. The first-order valence-electron chi connectivity index (χ1n) is 8.01. The van der Waals surface area contributed by atoms with Gasteiger partial charge in [-0.05, 0) is 24.3 Å². The van der Waals surface area contributed by atoms with Crippen molar-refractivity contribution in [3.63, 3.8) is 0 Å². The lowest BCUT2D eigenvalue weighted by Gasteiger charge is -2.44. The van der Waals surface area contributed by atoms with E-state index in [0.717, 1.165) is 4.90 Å². The van der Waals surface area contributed by atoms with E-state index in [4.69, 9.17) is 4.74 Å². The summed E-state index contributed by atoms with van der Waals surface area (Å²) in [6.45, 7) is 1.29. The third-order valence-electron chi connectivity index (χ3n) is 5.10. The predicted octanol–water partition coefficient (Wildman–Crippen LogP) is 0.744. The van der Waals surface area contributed by atoms with Gasteiger partial charge in [0, 0.05) is 14.0 Å². The zero-order chi connectivity index (χ0) is 17.9. The number of imide groups is 1. The molecule has 4 atom stereocenters. The van der Waals surface area contributed by atoms with Crippen molar-refractivity contribution in [1.82, 2.24) is 4.90 Å². The zero-order valence-corrected chi connectivity index (χ0v) is 13.7. The van der Waals surface area contributed by atoms with Crippen molar-refractivity contribution in [3.05, 3.63) is 36.4 Å². The average molecular weight is 340 g/mol. The molecule has 1 aliphatic carbocycles. The molecule has 3 amide bonds. The molecule has 128 valence electrons. The first-order valence-corrected chi connectivity index (χ1v) is 8.01. The zero-order valence-electron chi connectivity index (χ0n) is 13.7. The number of ether oxygens (including phenoxy) is 1. The Morgan fingerprint density at radius 3 is 2.24 bits per heavy atom. The van der Waals surface area contributed by atoms with Crippen LogP contribution in [0.25, 0.3) is 0 Å². The molecule has 3 aliphatic heterocycles. The summed E-state index contributed by atoms with van der Waals surface area (Å²) < 4.78 is 4.96. The molecule has 0 spiro atoms. The Balaban J connectivity index is 1.67. The van der Waals surface area contributed by atoms with Gasteiger partial charge in [-0.1, -0.05) is 12.2 Å². The summed E-state index contributed by atoms with van der Waals surface area (Å²) in [5.74, 6) is -2.65. The van der Waals surface area contributed by atoms with Crippen LogP contribution in [0.15, 0.2) is 36.4 Å². The second-order valence-electron chi connectivity index (χ2n) is 6.50. The summed E-state index contributed by atoms with van der Waals surface area (Å²) in [7, 11) is 1.66.